The van der Waals surface area contributed by atoms with Crippen molar-refractivity contribution in [1.29, 1.82) is 0 Å². The normalized spacial score (nSPS) is 35.6. The zero-order valence-corrected chi connectivity index (χ0v) is 11.4. The molecule has 0 bridgehead atoms. The maximum absolute atomic E-state index is 12.3. The van der Waals surface area contributed by atoms with E-state index in [0.717, 1.165) is 31.5 Å². The first-order chi connectivity index (χ1) is 8.13. The van der Waals surface area contributed by atoms with Crippen molar-refractivity contribution in [2.75, 3.05) is 13.2 Å². The van der Waals surface area contributed by atoms with E-state index in [1.54, 1.807) is 0 Å². The van der Waals surface area contributed by atoms with E-state index in [9.17, 15) is 4.79 Å². The van der Waals surface area contributed by atoms with Gasteiger partial charge in [-0.05, 0) is 24.2 Å². The van der Waals surface area contributed by atoms with Crippen LogP contribution in [0.1, 0.15) is 46.5 Å². The average Bonchev–Trinajstić information content (AvgIpc) is 2.87. The van der Waals surface area contributed by atoms with Crippen molar-refractivity contribution in [3.8, 4) is 0 Å². The third-order valence-corrected chi connectivity index (χ3v) is 4.79. The Morgan fingerprint density at radius 3 is 2.82 bits per heavy atom. The molecule has 1 N–H and O–H groups in total. The van der Waals surface area contributed by atoms with Crippen molar-refractivity contribution in [1.82, 2.24) is 10.2 Å². The van der Waals surface area contributed by atoms with Gasteiger partial charge in [-0.1, -0.05) is 40.0 Å². The van der Waals surface area contributed by atoms with Crippen molar-refractivity contribution in [3.63, 3.8) is 0 Å². The Bertz CT molecular complexity index is 279. The number of nitrogens with one attached hydrogen (secondary N) is 1. The lowest BCUT2D eigenvalue weighted by Gasteiger charge is -2.23. The van der Waals surface area contributed by atoms with Crippen molar-refractivity contribution >= 4 is 5.91 Å². The van der Waals surface area contributed by atoms with Crippen molar-refractivity contribution in [3.05, 3.63) is 0 Å². The Hall–Kier alpha value is -0.570. The highest BCUT2D eigenvalue weighted by molar-refractivity contribution is 5.84. The second-order valence-corrected chi connectivity index (χ2v) is 5.95. The molecule has 0 aromatic heterocycles. The smallest absolute Gasteiger partial charge is 0.241 e. The number of rotatable bonds is 4. The Balaban J connectivity index is 1.89. The van der Waals surface area contributed by atoms with Crippen molar-refractivity contribution in [2.45, 2.75) is 52.5 Å². The predicted molar refractivity (Wildman–Crippen MR) is 69.5 cm³/mol. The molecule has 0 radical (unpaired) electrons. The first-order valence-corrected chi connectivity index (χ1v) is 7.15. The van der Waals surface area contributed by atoms with Gasteiger partial charge in [0.1, 0.15) is 0 Å². The molecule has 2 fully saturated rings. The van der Waals surface area contributed by atoms with Crippen LogP contribution < -0.4 is 5.32 Å². The van der Waals surface area contributed by atoms with E-state index < -0.39 is 0 Å². The quantitative estimate of drug-likeness (QED) is 0.814. The van der Waals surface area contributed by atoms with Gasteiger partial charge in [0.25, 0.3) is 0 Å². The van der Waals surface area contributed by atoms with E-state index in [0.29, 0.717) is 11.8 Å². The molecule has 4 unspecified atom stereocenters. The largest absolute Gasteiger partial charge is 0.328 e. The Labute approximate surface area is 105 Å². The Morgan fingerprint density at radius 2 is 2.24 bits per heavy atom. The van der Waals surface area contributed by atoms with Gasteiger partial charge in [0.05, 0.1) is 12.7 Å². The molecule has 3 heteroatoms. The topological polar surface area (TPSA) is 32.3 Å². The van der Waals surface area contributed by atoms with E-state index in [4.69, 9.17) is 0 Å². The molecule has 1 saturated heterocycles. The molecule has 0 spiro atoms. The molecule has 2 rings (SSSR count). The Morgan fingerprint density at radius 1 is 1.47 bits per heavy atom. The van der Waals surface area contributed by atoms with E-state index in [2.05, 4.69) is 26.1 Å². The fraction of sp³-hybridized carbons (Fsp3) is 0.929. The second kappa shape index (κ2) is 5.38. The zero-order valence-electron chi connectivity index (χ0n) is 11.4. The standard InChI is InChI=1S/C14H26N2O/c1-4-10(2)13-14(17)16(9-15-13)8-12-7-5-6-11(12)3/h10-13,15H,4-9H2,1-3H3. The second-order valence-electron chi connectivity index (χ2n) is 5.95. The van der Waals surface area contributed by atoms with Gasteiger partial charge >= 0.3 is 0 Å². The summed E-state index contributed by atoms with van der Waals surface area (Å²) in [5.74, 6) is 2.31. The molecule has 0 aromatic carbocycles. The maximum atomic E-state index is 12.3. The monoisotopic (exact) mass is 238 g/mol. The van der Waals surface area contributed by atoms with Crippen molar-refractivity contribution in [2.24, 2.45) is 17.8 Å². The van der Waals surface area contributed by atoms with Crippen LogP contribution in [0.2, 0.25) is 0 Å². The molecule has 1 amide bonds. The first kappa shape index (κ1) is 12.9. The molecular weight excluding hydrogens is 212 g/mol. The van der Waals surface area contributed by atoms with Crippen LogP contribution >= 0.6 is 0 Å². The molecule has 1 aliphatic carbocycles. The highest BCUT2D eigenvalue weighted by Gasteiger charge is 2.36. The minimum atomic E-state index is 0.0664. The van der Waals surface area contributed by atoms with Crippen LogP contribution in [0.15, 0.2) is 0 Å². The number of carbonyl (C=O) groups excluding carboxylic acids is 1. The van der Waals surface area contributed by atoms with Gasteiger partial charge in [0.15, 0.2) is 0 Å². The lowest BCUT2D eigenvalue weighted by atomic mass is 9.96. The first-order valence-electron chi connectivity index (χ1n) is 7.15. The van der Waals surface area contributed by atoms with E-state index >= 15 is 0 Å². The maximum Gasteiger partial charge on any atom is 0.241 e. The summed E-state index contributed by atoms with van der Waals surface area (Å²) in [6.07, 6.45) is 5.06. The van der Waals surface area contributed by atoms with E-state index in [-0.39, 0.29) is 6.04 Å². The molecule has 1 saturated carbocycles. The van der Waals surface area contributed by atoms with Crippen LogP contribution in [0, 0.1) is 17.8 Å². The summed E-state index contributed by atoms with van der Waals surface area (Å²) < 4.78 is 0. The lowest BCUT2D eigenvalue weighted by molar-refractivity contribution is -0.130. The zero-order chi connectivity index (χ0) is 12.4. The third-order valence-electron chi connectivity index (χ3n) is 4.79. The summed E-state index contributed by atoms with van der Waals surface area (Å²) in [5, 5.41) is 3.37. The van der Waals surface area contributed by atoms with E-state index in [1.807, 2.05) is 4.90 Å². The van der Waals surface area contributed by atoms with Crippen LogP contribution in [0.3, 0.4) is 0 Å². The Kier molecular flexibility index (Phi) is 4.08. The lowest BCUT2D eigenvalue weighted by Crippen LogP contribution is -2.37. The van der Waals surface area contributed by atoms with Gasteiger partial charge in [-0.15, -0.1) is 0 Å². The van der Waals surface area contributed by atoms with Gasteiger partial charge in [-0.25, -0.2) is 0 Å². The number of nitrogens with zero attached hydrogens (tertiary/aromatic N) is 1. The molecule has 98 valence electrons. The van der Waals surface area contributed by atoms with Crippen molar-refractivity contribution < 1.29 is 4.79 Å². The molecule has 17 heavy (non-hydrogen) atoms. The van der Waals surface area contributed by atoms with Crippen LogP contribution in [0.4, 0.5) is 0 Å². The van der Waals surface area contributed by atoms with Gasteiger partial charge in [-0.3, -0.25) is 10.1 Å². The highest BCUT2D eigenvalue weighted by atomic mass is 16.2. The highest BCUT2D eigenvalue weighted by Crippen LogP contribution is 2.32. The van der Waals surface area contributed by atoms with Crippen LogP contribution in [0.25, 0.3) is 0 Å². The summed E-state index contributed by atoms with van der Waals surface area (Å²) in [7, 11) is 0. The summed E-state index contributed by atoms with van der Waals surface area (Å²) in [6.45, 7) is 8.38. The molecule has 4 atom stereocenters. The fourth-order valence-electron chi connectivity index (χ4n) is 3.18. The van der Waals surface area contributed by atoms with Gasteiger partial charge in [0.2, 0.25) is 5.91 Å². The number of hydrogen-bond donors (Lipinski definition) is 1. The van der Waals surface area contributed by atoms with Gasteiger partial charge < -0.3 is 4.90 Å². The fourth-order valence-corrected chi connectivity index (χ4v) is 3.18. The minimum absolute atomic E-state index is 0.0664. The van der Waals surface area contributed by atoms with Gasteiger partial charge in [-0.2, -0.15) is 0 Å². The van der Waals surface area contributed by atoms with Crippen LogP contribution in [-0.4, -0.2) is 30.1 Å². The number of carbonyl (C=O) groups is 1. The SMILES string of the molecule is CCC(C)C1NCN(CC2CCCC2C)C1=O. The summed E-state index contributed by atoms with van der Waals surface area (Å²) in [6, 6.07) is 0.0664. The summed E-state index contributed by atoms with van der Waals surface area (Å²) in [5.41, 5.74) is 0. The third kappa shape index (κ3) is 2.65. The predicted octanol–water partition coefficient (Wildman–Crippen LogP) is 2.23. The van der Waals surface area contributed by atoms with Gasteiger partial charge in [0, 0.05) is 6.54 Å². The minimum Gasteiger partial charge on any atom is -0.328 e. The summed E-state index contributed by atoms with van der Waals surface area (Å²) in [4.78, 5) is 14.3. The number of hydrogen-bond acceptors (Lipinski definition) is 2. The van der Waals surface area contributed by atoms with Crippen LogP contribution in [-0.2, 0) is 4.79 Å². The molecule has 2 aliphatic rings. The molecule has 0 aromatic rings. The van der Waals surface area contributed by atoms with E-state index in [1.165, 1.54) is 19.3 Å². The molecular formula is C14H26N2O. The number of amides is 1. The summed E-state index contributed by atoms with van der Waals surface area (Å²) >= 11 is 0. The molecule has 3 nitrogen and oxygen atoms in total. The average molecular weight is 238 g/mol. The molecule has 1 aliphatic heterocycles. The van der Waals surface area contributed by atoms with Crippen LogP contribution in [0.5, 0.6) is 0 Å². The molecule has 1 heterocycles.